The first-order valence-electron chi connectivity index (χ1n) is 7.90. The number of carbonyl (C=O) groups is 1. The summed E-state index contributed by atoms with van der Waals surface area (Å²) in [7, 11) is 0. The molecule has 0 N–H and O–H groups in total. The van der Waals surface area contributed by atoms with Gasteiger partial charge in [0.25, 0.3) is 5.69 Å². The molecule has 0 atom stereocenters. The van der Waals surface area contributed by atoms with E-state index in [-0.39, 0.29) is 16.5 Å². The smallest absolute Gasteiger partial charge is 0.344 e. The number of ether oxygens (including phenoxy) is 1. The van der Waals surface area contributed by atoms with E-state index in [1.54, 1.807) is 42.6 Å². The summed E-state index contributed by atoms with van der Waals surface area (Å²) in [5.41, 5.74) is 2.98. The van der Waals surface area contributed by atoms with Crippen LogP contribution in [-0.2, 0) is 6.42 Å². The Kier molecular flexibility index (Phi) is 5.09. The molecule has 0 aliphatic rings. The van der Waals surface area contributed by atoms with Crippen LogP contribution in [0.3, 0.4) is 0 Å². The standard InChI is InChI=1S/C19H16N2O4S/c1-12-9-16(21(23)24)13(2)8-15(12)10-18-20-17(11-26-18)25-19(22)14-6-4-3-5-7-14/h3-9,11H,10H2,1-2H3. The number of hydrogen-bond acceptors (Lipinski definition) is 6. The van der Waals surface area contributed by atoms with Gasteiger partial charge in [0.2, 0.25) is 5.88 Å². The van der Waals surface area contributed by atoms with Crippen LogP contribution in [-0.4, -0.2) is 15.9 Å². The van der Waals surface area contributed by atoms with Gasteiger partial charge >= 0.3 is 5.97 Å². The number of nitro benzene ring substituents is 1. The number of esters is 1. The zero-order valence-electron chi connectivity index (χ0n) is 14.3. The first kappa shape index (κ1) is 17.8. The highest BCUT2D eigenvalue weighted by Gasteiger charge is 2.15. The van der Waals surface area contributed by atoms with E-state index in [2.05, 4.69) is 4.98 Å². The summed E-state index contributed by atoms with van der Waals surface area (Å²) in [4.78, 5) is 27.0. The molecule has 0 saturated carbocycles. The minimum Gasteiger partial charge on any atom is -0.403 e. The highest BCUT2D eigenvalue weighted by molar-refractivity contribution is 7.09. The number of aryl methyl sites for hydroxylation is 2. The van der Waals surface area contributed by atoms with Crippen molar-refractivity contribution >= 4 is 23.0 Å². The van der Waals surface area contributed by atoms with Gasteiger partial charge in [-0.3, -0.25) is 10.1 Å². The molecule has 0 spiro atoms. The summed E-state index contributed by atoms with van der Waals surface area (Å²) in [5.74, 6) is -0.194. The van der Waals surface area contributed by atoms with Crippen LogP contribution in [0.4, 0.5) is 5.69 Å². The second kappa shape index (κ2) is 7.45. The van der Waals surface area contributed by atoms with Crippen molar-refractivity contribution < 1.29 is 14.5 Å². The molecule has 0 aliphatic carbocycles. The largest absolute Gasteiger partial charge is 0.403 e. The average Bonchev–Trinajstić information content (AvgIpc) is 3.05. The lowest BCUT2D eigenvalue weighted by molar-refractivity contribution is -0.385. The molecular weight excluding hydrogens is 352 g/mol. The van der Waals surface area contributed by atoms with Gasteiger partial charge in [-0.15, -0.1) is 11.3 Å². The maximum absolute atomic E-state index is 12.1. The molecule has 0 unspecified atom stereocenters. The van der Waals surface area contributed by atoms with Crippen LogP contribution in [0.2, 0.25) is 0 Å². The Balaban J connectivity index is 1.74. The fourth-order valence-electron chi connectivity index (χ4n) is 2.56. The SMILES string of the molecule is Cc1cc([N+](=O)[O-])c(C)cc1Cc1nc(OC(=O)c2ccccc2)cs1. The van der Waals surface area contributed by atoms with E-state index >= 15 is 0 Å². The van der Waals surface area contributed by atoms with Crippen LogP contribution in [0.15, 0.2) is 47.8 Å². The molecule has 0 aliphatic heterocycles. The molecule has 2 aromatic carbocycles. The number of aromatic nitrogens is 1. The number of benzene rings is 2. The molecule has 0 amide bonds. The van der Waals surface area contributed by atoms with Gasteiger partial charge in [0.05, 0.1) is 15.9 Å². The number of rotatable bonds is 5. The van der Waals surface area contributed by atoms with Crippen molar-refractivity contribution in [3.63, 3.8) is 0 Å². The van der Waals surface area contributed by atoms with Crippen molar-refractivity contribution in [2.75, 3.05) is 0 Å². The van der Waals surface area contributed by atoms with Crippen molar-refractivity contribution in [1.82, 2.24) is 4.98 Å². The normalized spacial score (nSPS) is 10.5. The number of hydrogen-bond donors (Lipinski definition) is 0. The first-order valence-corrected chi connectivity index (χ1v) is 8.78. The van der Waals surface area contributed by atoms with Crippen molar-refractivity contribution in [3.05, 3.63) is 85.2 Å². The molecule has 132 valence electrons. The van der Waals surface area contributed by atoms with Crippen LogP contribution in [0, 0.1) is 24.0 Å². The minimum absolute atomic E-state index is 0.114. The molecule has 26 heavy (non-hydrogen) atoms. The van der Waals surface area contributed by atoms with Gasteiger partial charge in [-0.25, -0.2) is 9.78 Å². The van der Waals surface area contributed by atoms with Gasteiger partial charge in [0, 0.05) is 18.1 Å². The van der Waals surface area contributed by atoms with Crippen LogP contribution in [0.25, 0.3) is 0 Å². The highest BCUT2D eigenvalue weighted by Crippen LogP contribution is 2.26. The van der Waals surface area contributed by atoms with Gasteiger partial charge in [-0.2, -0.15) is 0 Å². The lowest BCUT2D eigenvalue weighted by atomic mass is 10.0. The summed E-state index contributed by atoms with van der Waals surface area (Å²) >= 11 is 1.38. The van der Waals surface area contributed by atoms with Crippen molar-refractivity contribution in [2.45, 2.75) is 20.3 Å². The summed E-state index contributed by atoms with van der Waals surface area (Å²) in [5, 5.41) is 13.5. The number of carbonyl (C=O) groups excluding carboxylic acids is 1. The van der Waals surface area contributed by atoms with Gasteiger partial charge in [-0.1, -0.05) is 18.2 Å². The monoisotopic (exact) mass is 368 g/mol. The molecule has 0 radical (unpaired) electrons. The van der Waals surface area contributed by atoms with E-state index in [1.807, 2.05) is 19.1 Å². The van der Waals surface area contributed by atoms with Gasteiger partial charge in [-0.05, 0) is 43.2 Å². The first-order chi connectivity index (χ1) is 12.4. The third kappa shape index (κ3) is 3.94. The summed E-state index contributed by atoms with van der Waals surface area (Å²) < 4.78 is 5.29. The fourth-order valence-corrected chi connectivity index (χ4v) is 3.28. The Morgan fingerprint density at radius 3 is 2.62 bits per heavy atom. The maximum Gasteiger partial charge on any atom is 0.344 e. The summed E-state index contributed by atoms with van der Waals surface area (Å²) in [6.45, 7) is 3.56. The van der Waals surface area contributed by atoms with E-state index in [0.717, 1.165) is 16.1 Å². The zero-order chi connectivity index (χ0) is 18.7. The van der Waals surface area contributed by atoms with E-state index in [0.29, 0.717) is 17.5 Å². The predicted molar refractivity (Wildman–Crippen MR) is 98.9 cm³/mol. The third-order valence-corrected chi connectivity index (χ3v) is 4.76. The molecule has 0 saturated heterocycles. The molecule has 0 bridgehead atoms. The zero-order valence-corrected chi connectivity index (χ0v) is 15.1. The van der Waals surface area contributed by atoms with Gasteiger partial charge < -0.3 is 4.74 Å². The fraction of sp³-hybridized carbons (Fsp3) is 0.158. The lowest BCUT2D eigenvalue weighted by Crippen LogP contribution is -2.08. The predicted octanol–water partition coefficient (Wildman–Crippen LogP) is 4.48. The minimum atomic E-state index is -0.454. The maximum atomic E-state index is 12.1. The number of nitrogens with zero attached hydrogens (tertiary/aromatic N) is 2. The van der Waals surface area contributed by atoms with Crippen molar-refractivity contribution in [1.29, 1.82) is 0 Å². The Hall–Kier alpha value is -3.06. The second-order valence-electron chi connectivity index (χ2n) is 5.83. The quantitative estimate of drug-likeness (QED) is 0.377. The molecule has 3 aromatic rings. The highest BCUT2D eigenvalue weighted by atomic mass is 32.1. The average molecular weight is 368 g/mol. The summed E-state index contributed by atoms with van der Waals surface area (Å²) in [6, 6.07) is 12.1. The van der Waals surface area contributed by atoms with Gasteiger partial charge in [0.1, 0.15) is 5.01 Å². The Labute approximate surface area is 154 Å². The summed E-state index contributed by atoms with van der Waals surface area (Å²) in [6.07, 6.45) is 0.526. The van der Waals surface area contributed by atoms with E-state index in [4.69, 9.17) is 4.74 Å². The van der Waals surface area contributed by atoms with Gasteiger partial charge in [0.15, 0.2) is 0 Å². The van der Waals surface area contributed by atoms with Crippen LogP contribution in [0.1, 0.15) is 32.1 Å². The Morgan fingerprint density at radius 1 is 1.19 bits per heavy atom. The molecule has 1 aromatic heterocycles. The molecule has 3 rings (SSSR count). The molecule has 1 heterocycles. The number of thiazole rings is 1. The molecule has 7 heteroatoms. The van der Waals surface area contributed by atoms with E-state index in [1.165, 1.54) is 11.3 Å². The van der Waals surface area contributed by atoms with Crippen molar-refractivity contribution in [3.8, 4) is 5.88 Å². The van der Waals surface area contributed by atoms with Crippen molar-refractivity contribution in [2.24, 2.45) is 0 Å². The van der Waals surface area contributed by atoms with Crippen LogP contribution in [0.5, 0.6) is 5.88 Å². The Bertz CT molecular complexity index is 967. The number of nitro groups is 1. The molecule has 6 nitrogen and oxygen atoms in total. The van der Waals surface area contributed by atoms with E-state index < -0.39 is 5.97 Å². The van der Waals surface area contributed by atoms with Crippen LogP contribution >= 0.6 is 11.3 Å². The third-order valence-electron chi connectivity index (χ3n) is 3.93. The van der Waals surface area contributed by atoms with Crippen LogP contribution < -0.4 is 4.74 Å². The Morgan fingerprint density at radius 2 is 1.92 bits per heavy atom. The topological polar surface area (TPSA) is 82.3 Å². The lowest BCUT2D eigenvalue weighted by Gasteiger charge is -2.06. The van der Waals surface area contributed by atoms with E-state index in [9.17, 15) is 14.9 Å². The second-order valence-corrected chi connectivity index (χ2v) is 6.78. The molecule has 0 fully saturated rings. The molecular formula is C19H16N2O4S.